The average molecular weight is 298 g/mol. The van der Waals surface area contributed by atoms with Crippen molar-refractivity contribution in [2.75, 3.05) is 31.3 Å². The highest BCUT2D eigenvalue weighted by Crippen LogP contribution is 2.26. The van der Waals surface area contributed by atoms with Crippen molar-refractivity contribution in [3.63, 3.8) is 0 Å². The molecule has 20 heavy (non-hydrogen) atoms. The fraction of sp³-hybridized carbons (Fsp3) is 0.714. The van der Waals surface area contributed by atoms with E-state index in [1.807, 2.05) is 19.0 Å². The van der Waals surface area contributed by atoms with Gasteiger partial charge in [-0.25, -0.2) is 4.98 Å². The van der Waals surface area contributed by atoms with E-state index in [2.05, 4.69) is 24.1 Å². The smallest absolute Gasteiger partial charge is 0.265 e. The summed E-state index contributed by atoms with van der Waals surface area (Å²) in [6.07, 6.45) is 4.65. The van der Waals surface area contributed by atoms with Crippen LogP contribution in [0, 0.1) is 5.92 Å². The van der Waals surface area contributed by atoms with Gasteiger partial charge in [0.15, 0.2) is 5.13 Å². The zero-order chi connectivity index (χ0) is 15.1. The van der Waals surface area contributed by atoms with Gasteiger partial charge in [-0.05, 0) is 12.3 Å². The minimum absolute atomic E-state index is 0.108. The molecule has 0 aliphatic heterocycles. The van der Waals surface area contributed by atoms with Gasteiger partial charge in [0.1, 0.15) is 10.7 Å². The lowest BCUT2D eigenvalue weighted by Gasteiger charge is -2.14. The lowest BCUT2D eigenvalue weighted by Crippen LogP contribution is -2.29. The quantitative estimate of drug-likeness (QED) is 0.774. The molecular formula is C14H26N4OS. The number of hydrogen-bond acceptors (Lipinski definition) is 5. The largest absolute Gasteiger partial charge is 0.382 e. The first kappa shape index (κ1) is 16.8. The molecule has 0 fully saturated rings. The number of anilines is 2. The van der Waals surface area contributed by atoms with Gasteiger partial charge in [0, 0.05) is 20.6 Å². The first-order valence-electron chi connectivity index (χ1n) is 7.21. The van der Waals surface area contributed by atoms with Crippen molar-refractivity contribution >= 4 is 28.2 Å². The van der Waals surface area contributed by atoms with Crippen LogP contribution in [0.2, 0.25) is 0 Å². The molecule has 114 valence electrons. The number of aromatic nitrogens is 1. The number of rotatable bonds is 8. The van der Waals surface area contributed by atoms with Gasteiger partial charge >= 0.3 is 0 Å². The van der Waals surface area contributed by atoms with E-state index < -0.39 is 0 Å². The predicted octanol–water partition coefficient (Wildman–Crippen LogP) is 2.74. The van der Waals surface area contributed by atoms with Gasteiger partial charge in [-0.3, -0.25) is 4.79 Å². The van der Waals surface area contributed by atoms with Gasteiger partial charge in [-0.1, -0.05) is 44.4 Å². The Balaban J connectivity index is 2.57. The highest BCUT2D eigenvalue weighted by Gasteiger charge is 2.17. The van der Waals surface area contributed by atoms with Crippen molar-refractivity contribution in [1.29, 1.82) is 0 Å². The second-order valence-corrected chi connectivity index (χ2v) is 6.21. The number of thiazole rings is 1. The number of nitrogens with zero attached hydrogens (tertiary/aromatic N) is 2. The Hall–Kier alpha value is -1.30. The Kier molecular flexibility index (Phi) is 6.78. The summed E-state index contributed by atoms with van der Waals surface area (Å²) in [5.74, 6) is 0.752. The summed E-state index contributed by atoms with van der Waals surface area (Å²) in [4.78, 5) is 18.7. The molecule has 1 aromatic heterocycles. The third-order valence-electron chi connectivity index (χ3n) is 3.33. The van der Waals surface area contributed by atoms with E-state index in [0.29, 0.717) is 23.2 Å². The van der Waals surface area contributed by atoms with Crippen LogP contribution >= 0.6 is 11.3 Å². The summed E-state index contributed by atoms with van der Waals surface area (Å²) in [5, 5.41) is 3.74. The van der Waals surface area contributed by atoms with Crippen LogP contribution in [0.25, 0.3) is 0 Å². The summed E-state index contributed by atoms with van der Waals surface area (Å²) in [6.45, 7) is 5.06. The number of hydrogen-bond donors (Lipinski definition) is 2. The van der Waals surface area contributed by atoms with Crippen LogP contribution in [-0.2, 0) is 0 Å². The van der Waals surface area contributed by atoms with Crippen LogP contribution in [0.1, 0.15) is 49.2 Å². The second-order valence-electron chi connectivity index (χ2n) is 5.23. The summed E-state index contributed by atoms with van der Waals surface area (Å²) in [7, 11) is 3.77. The average Bonchev–Trinajstić information content (AvgIpc) is 2.81. The molecule has 1 heterocycles. The maximum atomic E-state index is 12.2. The molecule has 1 amide bonds. The fourth-order valence-corrected chi connectivity index (χ4v) is 2.76. The molecule has 1 atom stereocenters. The molecule has 1 unspecified atom stereocenters. The Morgan fingerprint density at radius 1 is 1.45 bits per heavy atom. The van der Waals surface area contributed by atoms with E-state index >= 15 is 0 Å². The first-order valence-corrected chi connectivity index (χ1v) is 8.03. The van der Waals surface area contributed by atoms with Gasteiger partial charge < -0.3 is 16.0 Å². The van der Waals surface area contributed by atoms with Crippen LogP contribution < -0.4 is 16.0 Å². The lowest BCUT2D eigenvalue weighted by atomic mass is 9.99. The minimum Gasteiger partial charge on any atom is -0.382 e. The molecule has 5 nitrogen and oxygen atoms in total. The zero-order valence-electron chi connectivity index (χ0n) is 12.9. The summed E-state index contributed by atoms with van der Waals surface area (Å²) in [6, 6.07) is 0. The van der Waals surface area contributed by atoms with Crippen molar-refractivity contribution in [2.45, 2.75) is 39.5 Å². The molecule has 1 rings (SSSR count). The van der Waals surface area contributed by atoms with E-state index in [9.17, 15) is 4.79 Å². The molecule has 0 aromatic carbocycles. The third kappa shape index (κ3) is 4.67. The van der Waals surface area contributed by atoms with Crippen molar-refractivity contribution in [3.05, 3.63) is 4.88 Å². The molecule has 0 aliphatic carbocycles. The normalized spacial score (nSPS) is 12.2. The standard InChI is InChI=1S/C14H26N4OS/c1-5-7-8-10(6-2)9-16-13(19)11-12(15)17-14(20-11)18(3)4/h10H,5-9,15H2,1-4H3,(H,16,19). The molecule has 1 aromatic rings. The molecule has 3 N–H and O–H groups in total. The van der Waals surface area contributed by atoms with Crippen LogP contribution in [0.4, 0.5) is 10.9 Å². The number of amides is 1. The van der Waals surface area contributed by atoms with E-state index in [4.69, 9.17) is 5.73 Å². The first-order chi connectivity index (χ1) is 9.49. The highest BCUT2D eigenvalue weighted by atomic mass is 32.1. The number of carbonyl (C=O) groups is 1. The Morgan fingerprint density at radius 2 is 2.15 bits per heavy atom. The highest BCUT2D eigenvalue weighted by molar-refractivity contribution is 7.18. The van der Waals surface area contributed by atoms with Crippen molar-refractivity contribution in [2.24, 2.45) is 5.92 Å². The molecule has 0 saturated carbocycles. The lowest BCUT2D eigenvalue weighted by molar-refractivity contribution is 0.0950. The number of carbonyl (C=O) groups excluding carboxylic acids is 1. The fourth-order valence-electron chi connectivity index (χ4n) is 1.93. The molecule has 0 aliphatic rings. The van der Waals surface area contributed by atoms with Crippen LogP contribution in [0.15, 0.2) is 0 Å². The molecule has 0 saturated heterocycles. The zero-order valence-corrected chi connectivity index (χ0v) is 13.7. The Labute approximate surface area is 125 Å². The SMILES string of the molecule is CCCCC(CC)CNC(=O)c1sc(N(C)C)nc1N. The predicted molar refractivity (Wildman–Crippen MR) is 86.5 cm³/mol. The number of nitrogens with one attached hydrogen (secondary N) is 1. The number of nitrogens with two attached hydrogens (primary N) is 1. The topological polar surface area (TPSA) is 71.2 Å². The van der Waals surface area contributed by atoms with E-state index in [1.165, 1.54) is 24.2 Å². The summed E-state index contributed by atoms with van der Waals surface area (Å²) < 4.78 is 0. The third-order valence-corrected chi connectivity index (χ3v) is 4.56. The Bertz CT molecular complexity index is 431. The van der Waals surface area contributed by atoms with Crippen LogP contribution in [-0.4, -0.2) is 31.5 Å². The maximum Gasteiger partial charge on any atom is 0.265 e. The van der Waals surface area contributed by atoms with Crippen LogP contribution in [0.3, 0.4) is 0 Å². The molecule has 0 bridgehead atoms. The molecule has 0 radical (unpaired) electrons. The van der Waals surface area contributed by atoms with Gasteiger partial charge in [-0.15, -0.1) is 0 Å². The summed E-state index contributed by atoms with van der Waals surface area (Å²) in [5.41, 5.74) is 5.81. The number of nitrogen functional groups attached to an aromatic ring is 1. The van der Waals surface area contributed by atoms with Gasteiger partial charge in [0.25, 0.3) is 5.91 Å². The van der Waals surface area contributed by atoms with Crippen molar-refractivity contribution < 1.29 is 4.79 Å². The monoisotopic (exact) mass is 298 g/mol. The Morgan fingerprint density at radius 3 is 2.65 bits per heavy atom. The molecular weight excluding hydrogens is 272 g/mol. The second kappa shape index (κ2) is 8.09. The van der Waals surface area contributed by atoms with Gasteiger partial charge in [0.2, 0.25) is 0 Å². The summed E-state index contributed by atoms with van der Waals surface area (Å²) >= 11 is 1.33. The van der Waals surface area contributed by atoms with Crippen molar-refractivity contribution in [3.8, 4) is 0 Å². The molecule has 0 spiro atoms. The van der Waals surface area contributed by atoms with E-state index in [0.717, 1.165) is 18.0 Å². The number of unbranched alkanes of at least 4 members (excludes halogenated alkanes) is 1. The van der Waals surface area contributed by atoms with Gasteiger partial charge in [0.05, 0.1) is 0 Å². The van der Waals surface area contributed by atoms with Crippen LogP contribution in [0.5, 0.6) is 0 Å². The maximum absolute atomic E-state index is 12.2. The van der Waals surface area contributed by atoms with E-state index in [-0.39, 0.29) is 5.91 Å². The van der Waals surface area contributed by atoms with Gasteiger partial charge in [-0.2, -0.15) is 0 Å². The van der Waals surface area contributed by atoms with Crippen molar-refractivity contribution in [1.82, 2.24) is 10.3 Å². The molecule has 6 heteroatoms. The van der Waals surface area contributed by atoms with E-state index in [1.54, 1.807) is 0 Å². The minimum atomic E-state index is -0.108.